The van der Waals surface area contributed by atoms with Crippen molar-refractivity contribution >= 4 is 28.1 Å². The summed E-state index contributed by atoms with van der Waals surface area (Å²) in [5.74, 6) is 1.10. The summed E-state index contributed by atoms with van der Waals surface area (Å²) in [4.78, 5) is 11.9. The molecule has 1 N–H and O–H groups in total. The number of aryl methyl sites for hydroxylation is 2. The number of rotatable bonds is 8. The van der Waals surface area contributed by atoms with Gasteiger partial charge < -0.3 is 9.47 Å². The Kier molecular flexibility index (Phi) is 7.66. The van der Waals surface area contributed by atoms with E-state index in [1.807, 2.05) is 57.2 Å². The molecule has 0 bridgehead atoms. The Morgan fingerprint density at radius 2 is 1.96 bits per heavy atom. The van der Waals surface area contributed by atoms with E-state index in [2.05, 4.69) is 26.5 Å². The standard InChI is InChI=1S/C20H23BrN2O3/c1-4-9-25-18-8-7-17(21)11-16(18)12-22-23-20(24)13-26-19-10-14(2)5-6-15(19)3/h5-8,10-12H,4,9,13H2,1-3H3,(H,23,24). The Bertz CT molecular complexity index is 791. The highest BCUT2D eigenvalue weighted by atomic mass is 79.9. The Morgan fingerprint density at radius 1 is 1.15 bits per heavy atom. The first-order valence-electron chi connectivity index (χ1n) is 8.44. The van der Waals surface area contributed by atoms with E-state index in [1.54, 1.807) is 6.21 Å². The molecule has 5 nitrogen and oxygen atoms in total. The molecule has 26 heavy (non-hydrogen) atoms. The van der Waals surface area contributed by atoms with Gasteiger partial charge in [0.1, 0.15) is 11.5 Å². The molecule has 0 aromatic heterocycles. The second-order valence-corrected chi connectivity index (χ2v) is 6.80. The lowest BCUT2D eigenvalue weighted by atomic mass is 10.1. The maximum atomic E-state index is 11.9. The number of halogens is 1. The van der Waals surface area contributed by atoms with Crippen LogP contribution >= 0.6 is 15.9 Å². The molecule has 2 rings (SSSR count). The Balaban J connectivity index is 1.92. The fourth-order valence-corrected chi connectivity index (χ4v) is 2.55. The molecule has 1 amide bonds. The summed E-state index contributed by atoms with van der Waals surface area (Å²) in [6, 6.07) is 11.5. The van der Waals surface area contributed by atoms with E-state index < -0.39 is 0 Å². The van der Waals surface area contributed by atoms with Crippen LogP contribution in [0.15, 0.2) is 46.0 Å². The smallest absolute Gasteiger partial charge is 0.277 e. The maximum absolute atomic E-state index is 11.9. The van der Waals surface area contributed by atoms with Crippen molar-refractivity contribution in [1.82, 2.24) is 5.43 Å². The monoisotopic (exact) mass is 418 g/mol. The predicted octanol–water partition coefficient (Wildman–Crippen LogP) is 4.38. The molecule has 0 saturated carbocycles. The number of benzene rings is 2. The van der Waals surface area contributed by atoms with Crippen LogP contribution in [-0.2, 0) is 4.79 Å². The average molecular weight is 419 g/mol. The topological polar surface area (TPSA) is 59.9 Å². The van der Waals surface area contributed by atoms with Gasteiger partial charge in [0.05, 0.1) is 12.8 Å². The molecule has 0 aliphatic rings. The molecule has 0 saturated heterocycles. The molecule has 6 heteroatoms. The van der Waals surface area contributed by atoms with Crippen molar-refractivity contribution in [3.8, 4) is 11.5 Å². The Hall–Kier alpha value is -2.34. The number of carbonyl (C=O) groups excluding carboxylic acids is 1. The van der Waals surface area contributed by atoms with Crippen LogP contribution in [0.25, 0.3) is 0 Å². The molecule has 0 radical (unpaired) electrons. The van der Waals surface area contributed by atoms with Gasteiger partial charge in [0.15, 0.2) is 6.61 Å². The zero-order valence-corrected chi connectivity index (χ0v) is 16.8. The molecular weight excluding hydrogens is 396 g/mol. The zero-order chi connectivity index (χ0) is 18.9. The van der Waals surface area contributed by atoms with Crippen LogP contribution in [-0.4, -0.2) is 25.3 Å². The number of carbonyl (C=O) groups is 1. The van der Waals surface area contributed by atoms with Crippen molar-refractivity contribution in [2.75, 3.05) is 13.2 Å². The van der Waals surface area contributed by atoms with Gasteiger partial charge in [0, 0.05) is 10.0 Å². The van der Waals surface area contributed by atoms with Gasteiger partial charge in [-0.15, -0.1) is 0 Å². The van der Waals surface area contributed by atoms with Crippen molar-refractivity contribution in [3.05, 3.63) is 57.6 Å². The van der Waals surface area contributed by atoms with Crippen molar-refractivity contribution < 1.29 is 14.3 Å². The first kappa shape index (κ1) is 20.0. The number of nitrogens with one attached hydrogen (secondary N) is 1. The van der Waals surface area contributed by atoms with E-state index in [-0.39, 0.29) is 12.5 Å². The molecule has 0 spiro atoms. The van der Waals surface area contributed by atoms with Gasteiger partial charge in [-0.25, -0.2) is 5.43 Å². The third-order valence-electron chi connectivity index (χ3n) is 3.53. The largest absolute Gasteiger partial charge is 0.493 e. The first-order chi connectivity index (χ1) is 12.5. The van der Waals surface area contributed by atoms with Gasteiger partial charge >= 0.3 is 0 Å². The third kappa shape index (κ3) is 6.19. The number of hydrogen-bond donors (Lipinski definition) is 1. The second-order valence-electron chi connectivity index (χ2n) is 5.88. The van der Waals surface area contributed by atoms with Gasteiger partial charge in [-0.05, 0) is 55.7 Å². The highest BCUT2D eigenvalue weighted by molar-refractivity contribution is 9.10. The summed E-state index contributed by atoms with van der Waals surface area (Å²) in [6.45, 7) is 6.49. The SMILES string of the molecule is CCCOc1ccc(Br)cc1C=NNC(=O)COc1cc(C)ccc1C. The fourth-order valence-electron chi connectivity index (χ4n) is 2.18. The van der Waals surface area contributed by atoms with Gasteiger partial charge in [0.25, 0.3) is 5.91 Å². The summed E-state index contributed by atoms with van der Waals surface area (Å²) in [6.07, 6.45) is 2.48. The first-order valence-corrected chi connectivity index (χ1v) is 9.23. The van der Waals surface area contributed by atoms with Crippen LogP contribution in [0, 0.1) is 13.8 Å². The van der Waals surface area contributed by atoms with Crippen LogP contribution in [0.4, 0.5) is 0 Å². The highest BCUT2D eigenvalue weighted by Crippen LogP contribution is 2.22. The van der Waals surface area contributed by atoms with Crippen LogP contribution in [0.1, 0.15) is 30.0 Å². The molecule has 0 unspecified atom stereocenters. The van der Waals surface area contributed by atoms with E-state index in [0.29, 0.717) is 12.4 Å². The lowest BCUT2D eigenvalue weighted by Crippen LogP contribution is -2.24. The Morgan fingerprint density at radius 3 is 2.73 bits per heavy atom. The second kappa shape index (κ2) is 9.97. The number of ether oxygens (including phenoxy) is 2. The molecule has 2 aromatic carbocycles. The lowest BCUT2D eigenvalue weighted by molar-refractivity contribution is -0.123. The molecule has 0 aliphatic heterocycles. The molecule has 0 aliphatic carbocycles. The summed E-state index contributed by atoms with van der Waals surface area (Å²) in [5, 5.41) is 4.00. The number of amides is 1. The summed E-state index contributed by atoms with van der Waals surface area (Å²) < 4.78 is 12.1. The van der Waals surface area contributed by atoms with Gasteiger partial charge in [-0.2, -0.15) is 5.10 Å². The number of nitrogens with zero attached hydrogens (tertiary/aromatic N) is 1. The van der Waals surface area contributed by atoms with Gasteiger partial charge in [-0.1, -0.05) is 35.0 Å². The minimum absolute atomic E-state index is 0.0979. The molecule has 2 aromatic rings. The summed E-state index contributed by atoms with van der Waals surface area (Å²) >= 11 is 3.42. The fraction of sp³-hybridized carbons (Fsp3) is 0.300. The molecule has 0 atom stereocenters. The van der Waals surface area contributed by atoms with Crippen molar-refractivity contribution in [3.63, 3.8) is 0 Å². The van der Waals surface area contributed by atoms with Crippen LogP contribution < -0.4 is 14.9 Å². The van der Waals surface area contributed by atoms with E-state index in [0.717, 1.165) is 33.3 Å². The predicted molar refractivity (Wildman–Crippen MR) is 107 cm³/mol. The third-order valence-corrected chi connectivity index (χ3v) is 4.02. The minimum atomic E-state index is -0.326. The van der Waals surface area contributed by atoms with Gasteiger partial charge in [-0.3, -0.25) is 4.79 Å². The van der Waals surface area contributed by atoms with E-state index >= 15 is 0 Å². The zero-order valence-electron chi connectivity index (χ0n) is 15.2. The Labute approximate surface area is 162 Å². The molecule has 0 fully saturated rings. The maximum Gasteiger partial charge on any atom is 0.277 e. The van der Waals surface area contributed by atoms with Crippen LogP contribution in [0.2, 0.25) is 0 Å². The molecule has 138 valence electrons. The minimum Gasteiger partial charge on any atom is -0.493 e. The van der Waals surface area contributed by atoms with Gasteiger partial charge in [0.2, 0.25) is 0 Å². The van der Waals surface area contributed by atoms with E-state index in [1.165, 1.54) is 0 Å². The van der Waals surface area contributed by atoms with E-state index in [4.69, 9.17) is 9.47 Å². The van der Waals surface area contributed by atoms with Crippen LogP contribution in [0.5, 0.6) is 11.5 Å². The van der Waals surface area contributed by atoms with Crippen molar-refractivity contribution in [2.24, 2.45) is 5.10 Å². The van der Waals surface area contributed by atoms with E-state index in [9.17, 15) is 4.79 Å². The normalized spacial score (nSPS) is 10.8. The summed E-state index contributed by atoms with van der Waals surface area (Å²) in [7, 11) is 0. The summed E-state index contributed by atoms with van der Waals surface area (Å²) in [5.41, 5.74) is 5.32. The van der Waals surface area contributed by atoms with Crippen molar-refractivity contribution in [1.29, 1.82) is 0 Å². The van der Waals surface area contributed by atoms with Crippen LogP contribution in [0.3, 0.4) is 0 Å². The average Bonchev–Trinajstić information content (AvgIpc) is 2.62. The highest BCUT2D eigenvalue weighted by Gasteiger charge is 2.05. The van der Waals surface area contributed by atoms with Crippen molar-refractivity contribution in [2.45, 2.75) is 27.2 Å². The lowest BCUT2D eigenvalue weighted by Gasteiger charge is -2.09. The molecule has 0 heterocycles. The number of hydrazone groups is 1. The quantitative estimate of drug-likeness (QED) is 0.510. The number of hydrogen-bond acceptors (Lipinski definition) is 4. The molecular formula is C20H23BrN2O3.